The second-order valence-electron chi connectivity index (χ2n) is 9.05. The molecule has 0 saturated carbocycles. The topological polar surface area (TPSA) is 80.3 Å². The number of hydrogen-bond acceptors (Lipinski definition) is 5. The van der Waals surface area contributed by atoms with E-state index in [0.29, 0.717) is 17.4 Å². The van der Waals surface area contributed by atoms with Gasteiger partial charge in [-0.15, -0.1) is 0 Å². The Kier molecular flexibility index (Phi) is 4.08. The van der Waals surface area contributed by atoms with Crippen molar-refractivity contribution < 1.29 is 9.32 Å². The summed E-state index contributed by atoms with van der Waals surface area (Å²) in [7, 11) is 3.51. The summed E-state index contributed by atoms with van der Waals surface area (Å²) in [6.45, 7) is 10.1. The van der Waals surface area contributed by atoms with Crippen LogP contribution in [-0.2, 0) is 11.0 Å². The monoisotopic (exact) mass is 394 g/mol. The number of para-hydroxylation sites is 2. The van der Waals surface area contributed by atoms with Gasteiger partial charge < -0.3 is 9.42 Å². The molecule has 0 saturated heterocycles. The predicted octanol–water partition coefficient (Wildman–Crippen LogP) is 3.96. The molecule has 0 N–H and O–H groups in total. The van der Waals surface area contributed by atoms with Crippen LogP contribution in [0.5, 0.6) is 0 Å². The van der Waals surface area contributed by atoms with Crippen LogP contribution >= 0.6 is 0 Å². The SMILES string of the molecule is CN(C)C(=O)N1c2ccccc2-n2cnc(-c3noc(C(C)(C)C)n3)c2C1(C)C. The van der Waals surface area contributed by atoms with Gasteiger partial charge in [-0.25, -0.2) is 9.78 Å². The first-order chi connectivity index (χ1) is 13.5. The Morgan fingerprint density at radius 3 is 2.38 bits per heavy atom. The Labute approximate surface area is 170 Å². The number of anilines is 1. The van der Waals surface area contributed by atoms with Crippen LogP contribution in [0.25, 0.3) is 17.2 Å². The van der Waals surface area contributed by atoms with Crippen molar-refractivity contribution in [3.05, 3.63) is 42.2 Å². The van der Waals surface area contributed by atoms with Crippen LogP contribution in [0.3, 0.4) is 0 Å². The summed E-state index contributed by atoms with van der Waals surface area (Å²) in [5.74, 6) is 0.970. The highest BCUT2D eigenvalue weighted by atomic mass is 16.5. The summed E-state index contributed by atoms with van der Waals surface area (Å²) in [5.41, 5.74) is 2.21. The summed E-state index contributed by atoms with van der Waals surface area (Å²) in [4.78, 5) is 25.8. The van der Waals surface area contributed by atoms with Gasteiger partial charge in [-0.05, 0) is 26.0 Å². The van der Waals surface area contributed by atoms with Crippen LogP contribution in [0.1, 0.15) is 46.2 Å². The second-order valence-corrected chi connectivity index (χ2v) is 9.05. The highest BCUT2D eigenvalue weighted by Gasteiger charge is 2.45. The number of imidazole rings is 1. The second kappa shape index (κ2) is 6.17. The molecule has 3 aromatic rings. The van der Waals surface area contributed by atoms with Crippen molar-refractivity contribution >= 4 is 11.7 Å². The first-order valence-electron chi connectivity index (χ1n) is 9.57. The zero-order valence-electron chi connectivity index (χ0n) is 17.9. The maximum absolute atomic E-state index is 13.2. The molecule has 1 aliphatic rings. The minimum absolute atomic E-state index is 0.107. The third kappa shape index (κ3) is 2.82. The quantitative estimate of drug-likeness (QED) is 0.624. The molecular weight excluding hydrogens is 368 g/mol. The van der Waals surface area contributed by atoms with E-state index in [1.165, 1.54) is 0 Å². The number of fused-ring (bicyclic) bond motifs is 3. The van der Waals surface area contributed by atoms with Crippen LogP contribution in [0, 0.1) is 0 Å². The van der Waals surface area contributed by atoms with Crippen LogP contribution in [0.4, 0.5) is 10.5 Å². The highest BCUT2D eigenvalue weighted by molar-refractivity contribution is 5.97. The van der Waals surface area contributed by atoms with Crippen molar-refractivity contribution in [2.45, 2.75) is 45.6 Å². The number of benzene rings is 1. The normalized spacial score (nSPS) is 15.1. The van der Waals surface area contributed by atoms with E-state index in [1.807, 2.05) is 63.5 Å². The number of carbonyl (C=O) groups excluding carboxylic acids is 1. The molecule has 0 bridgehead atoms. The van der Waals surface area contributed by atoms with E-state index in [-0.39, 0.29) is 11.4 Å². The zero-order chi connectivity index (χ0) is 21.1. The lowest BCUT2D eigenvalue weighted by molar-refractivity contribution is 0.215. The van der Waals surface area contributed by atoms with Gasteiger partial charge in [0.05, 0.1) is 22.6 Å². The molecule has 2 aromatic heterocycles. The molecule has 152 valence electrons. The van der Waals surface area contributed by atoms with Crippen LogP contribution in [0.2, 0.25) is 0 Å². The fourth-order valence-electron chi connectivity index (χ4n) is 3.71. The maximum atomic E-state index is 13.2. The van der Waals surface area contributed by atoms with Gasteiger partial charge in [0, 0.05) is 19.5 Å². The molecule has 2 amide bonds. The first-order valence-corrected chi connectivity index (χ1v) is 9.57. The van der Waals surface area contributed by atoms with Crippen molar-refractivity contribution in [1.29, 1.82) is 0 Å². The van der Waals surface area contributed by atoms with Gasteiger partial charge in [0.25, 0.3) is 0 Å². The van der Waals surface area contributed by atoms with Gasteiger partial charge in [-0.1, -0.05) is 38.1 Å². The molecule has 0 aliphatic carbocycles. The number of rotatable bonds is 1. The molecule has 8 nitrogen and oxygen atoms in total. The number of nitrogens with zero attached hydrogens (tertiary/aromatic N) is 6. The molecule has 0 spiro atoms. The number of carbonyl (C=O) groups is 1. The van der Waals surface area contributed by atoms with Gasteiger partial charge in [-0.2, -0.15) is 4.98 Å². The number of amides is 2. The molecule has 0 atom stereocenters. The zero-order valence-corrected chi connectivity index (χ0v) is 17.9. The molecule has 0 fully saturated rings. The maximum Gasteiger partial charge on any atom is 0.324 e. The Balaban J connectivity index is 1.95. The number of aromatic nitrogens is 4. The average Bonchev–Trinajstić information content (AvgIpc) is 3.28. The summed E-state index contributed by atoms with van der Waals surface area (Å²) in [5, 5.41) is 4.18. The lowest BCUT2D eigenvalue weighted by Crippen LogP contribution is -2.53. The predicted molar refractivity (Wildman–Crippen MR) is 110 cm³/mol. The van der Waals surface area contributed by atoms with Crippen molar-refractivity contribution in [3.63, 3.8) is 0 Å². The standard InChI is InChI=1S/C21H26N6O2/c1-20(2,3)18-23-17(24-29-18)15-16-21(4,5)27(19(28)25(6)7)14-11-9-8-10-13(14)26(16)12-22-15/h8-12H,1-7H3. The van der Waals surface area contributed by atoms with Gasteiger partial charge in [0.1, 0.15) is 12.0 Å². The number of urea groups is 1. The van der Waals surface area contributed by atoms with Crippen LogP contribution in [-0.4, -0.2) is 44.7 Å². The Bertz CT molecular complexity index is 1090. The van der Waals surface area contributed by atoms with Crippen LogP contribution in [0.15, 0.2) is 35.1 Å². The largest absolute Gasteiger partial charge is 0.338 e. The van der Waals surface area contributed by atoms with Crippen molar-refractivity contribution in [2.24, 2.45) is 0 Å². The minimum Gasteiger partial charge on any atom is -0.338 e. The summed E-state index contributed by atoms with van der Waals surface area (Å²) in [6.07, 6.45) is 1.76. The smallest absolute Gasteiger partial charge is 0.324 e. The fraction of sp³-hybridized carbons (Fsp3) is 0.429. The molecule has 4 rings (SSSR count). The van der Waals surface area contributed by atoms with E-state index in [1.54, 1.807) is 30.2 Å². The lowest BCUT2D eigenvalue weighted by Gasteiger charge is -2.44. The highest BCUT2D eigenvalue weighted by Crippen LogP contribution is 2.45. The Hall–Kier alpha value is -3.16. The van der Waals surface area contributed by atoms with Crippen molar-refractivity contribution in [1.82, 2.24) is 24.6 Å². The van der Waals surface area contributed by atoms with E-state index in [9.17, 15) is 4.79 Å². The molecule has 8 heteroatoms. The van der Waals surface area contributed by atoms with E-state index in [4.69, 9.17) is 4.52 Å². The van der Waals surface area contributed by atoms with Crippen molar-refractivity contribution in [3.8, 4) is 17.2 Å². The lowest BCUT2D eigenvalue weighted by atomic mass is 9.91. The van der Waals surface area contributed by atoms with Crippen LogP contribution < -0.4 is 4.90 Å². The molecular formula is C21H26N6O2. The molecule has 29 heavy (non-hydrogen) atoms. The van der Waals surface area contributed by atoms with E-state index in [0.717, 1.165) is 17.1 Å². The summed E-state index contributed by atoms with van der Waals surface area (Å²) < 4.78 is 7.51. The Morgan fingerprint density at radius 1 is 1.14 bits per heavy atom. The molecule has 1 aliphatic heterocycles. The molecule has 0 radical (unpaired) electrons. The molecule has 0 unspecified atom stereocenters. The fourth-order valence-corrected chi connectivity index (χ4v) is 3.71. The molecule has 3 heterocycles. The first kappa shape index (κ1) is 19.2. The third-order valence-corrected chi connectivity index (χ3v) is 5.14. The van der Waals surface area contributed by atoms with E-state index in [2.05, 4.69) is 15.1 Å². The average molecular weight is 394 g/mol. The van der Waals surface area contributed by atoms with Gasteiger partial charge in [-0.3, -0.25) is 9.47 Å². The summed E-state index contributed by atoms with van der Waals surface area (Å²) in [6, 6.07) is 7.71. The van der Waals surface area contributed by atoms with Crippen molar-refractivity contribution in [2.75, 3.05) is 19.0 Å². The molecule has 1 aromatic carbocycles. The third-order valence-electron chi connectivity index (χ3n) is 5.14. The van der Waals surface area contributed by atoms with Gasteiger partial charge >= 0.3 is 6.03 Å². The van der Waals surface area contributed by atoms with Gasteiger partial charge in [0.15, 0.2) is 0 Å². The number of hydrogen-bond donors (Lipinski definition) is 0. The van der Waals surface area contributed by atoms with Gasteiger partial charge in [0.2, 0.25) is 11.7 Å². The summed E-state index contributed by atoms with van der Waals surface area (Å²) >= 11 is 0. The Morgan fingerprint density at radius 2 is 1.79 bits per heavy atom. The minimum atomic E-state index is -0.690. The van der Waals surface area contributed by atoms with E-state index < -0.39 is 5.54 Å². The van der Waals surface area contributed by atoms with E-state index >= 15 is 0 Å².